The van der Waals surface area contributed by atoms with Gasteiger partial charge in [-0.05, 0) is 6.92 Å². The molecule has 0 radical (unpaired) electrons. The molecule has 0 bridgehead atoms. The molecule has 10 nitrogen and oxygen atoms in total. The van der Waals surface area contributed by atoms with Crippen LogP contribution in [0.4, 0.5) is 0 Å². The van der Waals surface area contributed by atoms with E-state index in [1.807, 2.05) is 0 Å². The number of nitrogens with zero attached hydrogens (tertiary/aromatic N) is 1. The van der Waals surface area contributed by atoms with Gasteiger partial charge in [-0.3, -0.25) is 8.42 Å². The number of hydrogen-bond acceptors (Lipinski definition) is 9. The third-order valence-electron chi connectivity index (χ3n) is 0. The molecule has 0 amide bonds. The lowest BCUT2D eigenvalue weighted by atomic mass is 10.9. The summed E-state index contributed by atoms with van der Waals surface area (Å²) in [5, 5.41) is 23.6. The Morgan fingerprint density at radius 1 is 1.21 bits per heavy atom. The number of halogens is 1. The highest BCUT2D eigenvalue weighted by molar-refractivity contribution is 7.79. The summed E-state index contributed by atoms with van der Waals surface area (Å²) in [6.45, 7) is 0.972. The fraction of sp³-hybridized carbons (Fsp3) is 0.500. The molecule has 0 aliphatic heterocycles. The first-order valence-corrected chi connectivity index (χ1v) is 3.46. The third kappa shape index (κ3) is 764. The Balaban J connectivity index is -0.0000000522. The molecule has 0 rings (SSSR count). The number of carbonyl (C=O) groups is 1. The highest BCUT2D eigenvalue weighted by atomic mass is 35.5. The van der Waals surface area contributed by atoms with Crippen molar-refractivity contribution >= 4 is 16.4 Å². The Morgan fingerprint density at radius 2 is 1.21 bits per heavy atom. The second kappa shape index (κ2) is 11.8. The van der Waals surface area contributed by atoms with Crippen molar-refractivity contribution in [2.45, 2.75) is 6.92 Å². The van der Waals surface area contributed by atoms with E-state index in [1.165, 1.54) is 0 Å². The second-order valence-electron chi connectivity index (χ2n) is 1.12. The maximum atomic E-state index is 8.89. The summed E-state index contributed by atoms with van der Waals surface area (Å²) in [5.41, 5.74) is 0. The van der Waals surface area contributed by atoms with Gasteiger partial charge in [0.2, 0.25) is 0 Å². The fourth-order valence-electron chi connectivity index (χ4n) is 0. The summed E-state index contributed by atoms with van der Waals surface area (Å²) in [6, 6.07) is 0. The third-order valence-corrected chi connectivity index (χ3v) is 0. The second-order valence-corrected chi connectivity index (χ2v) is 1.94. The van der Waals surface area contributed by atoms with Crippen LogP contribution in [0.2, 0.25) is 0 Å². The number of hydrogen-bond donors (Lipinski definition) is 0. The van der Waals surface area contributed by atoms with Crippen LogP contribution in [0.25, 0.3) is 0 Å². The van der Waals surface area contributed by atoms with Crippen LogP contribution in [-0.2, 0) is 15.2 Å². The molecule has 0 aromatic rings. The molecule has 0 aliphatic carbocycles. The van der Waals surface area contributed by atoms with Crippen LogP contribution < -0.4 is 17.5 Å². The van der Waals surface area contributed by atoms with Crippen molar-refractivity contribution in [3.8, 4) is 0 Å². The van der Waals surface area contributed by atoms with Crippen molar-refractivity contribution in [3.63, 3.8) is 0 Å². The largest absolute Gasteiger partial charge is 1.00 e. The summed E-state index contributed by atoms with van der Waals surface area (Å²) < 4.78 is 34.1. The quantitative estimate of drug-likeness (QED) is 0.175. The van der Waals surface area contributed by atoms with E-state index in [2.05, 4.69) is 0 Å². The maximum Gasteiger partial charge on any atom is 0.0689 e. The normalized spacial score (nSPS) is 7.64. The van der Waals surface area contributed by atoms with E-state index >= 15 is 0 Å². The van der Waals surface area contributed by atoms with Gasteiger partial charge in [0, 0.05) is 16.4 Å². The lowest BCUT2D eigenvalue weighted by molar-refractivity contribution is -0.402. The molecule has 0 saturated carbocycles. The predicted octanol–water partition coefficient (Wildman–Crippen LogP) is -5.82. The van der Waals surface area contributed by atoms with Gasteiger partial charge >= 0.3 is 0 Å². The minimum absolute atomic E-state index is 0. The van der Waals surface area contributed by atoms with Gasteiger partial charge in [-0.25, -0.2) is 0 Å². The van der Waals surface area contributed by atoms with Gasteiger partial charge in [0.05, 0.1) is 5.09 Å². The van der Waals surface area contributed by atoms with Crippen LogP contribution in [0.3, 0.4) is 0 Å². The first-order chi connectivity index (χ1) is 5.46. The first kappa shape index (κ1) is 23.0. The van der Waals surface area contributed by atoms with Gasteiger partial charge in [-0.1, -0.05) is 0 Å². The molecule has 0 heterocycles. The predicted molar refractivity (Wildman–Crippen MR) is 31.5 cm³/mol. The molecule has 0 N–H and O–H groups in total. The Labute approximate surface area is 84.3 Å². The van der Waals surface area contributed by atoms with E-state index in [9.17, 15) is 0 Å². The van der Waals surface area contributed by atoms with Crippen molar-refractivity contribution in [2.24, 2.45) is 0 Å². The first-order valence-electron chi connectivity index (χ1n) is 2.12. The van der Waals surface area contributed by atoms with Crippen LogP contribution in [0.15, 0.2) is 0 Å². The van der Waals surface area contributed by atoms with E-state index in [1.54, 1.807) is 0 Å². The Morgan fingerprint density at radius 3 is 1.21 bits per heavy atom. The molecule has 0 aromatic carbocycles. The van der Waals surface area contributed by atoms with Crippen LogP contribution in [0, 0.1) is 15.3 Å². The summed E-state index contributed by atoms with van der Waals surface area (Å²) in [7, 11) is -5.17. The van der Waals surface area contributed by atoms with Gasteiger partial charge < -0.3 is 46.7 Å². The molecule has 14 heavy (non-hydrogen) atoms. The Hall–Kier alpha value is -1.17. The molecular formula is C2H3ClNO9S-5. The SMILES string of the molecule is CC(=O)[O-].O=S(=O)([O-])[O-].O=[N+]([O-])[O-].[Cl-]. The van der Waals surface area contributed by atoms with Crippen molar-refractivity contribution in [2.75, 3.05) is 0 Å². The van der Waals surface area contributed by atoms with Gasteiger partial charge in [-0.2, -0.15) is 0 Å². The van der Waals surface area contributed by atoms with Crippen molar-refractivity contribution in [3.05, 3.63) is 15.3 Å². The summed E-state index contributed by atoms with van der Waals surface area (Å²) in [4.78, 5) is 17.1. The van der Waals surface area contributed by atoms with E-state index in [4.69, 9.17) is 42.7 Å². The van der Waals surface area contributed by atoms with E-state index in [0.717, 1.165) is 6.92 Å². The highest BCUT2D eigenvalue weighted by Gasteiger charge is 1.49. The van der Waals surface area contributed by atoms with Crippen molar-refractivity contribution in [1.82, 2.24) is 0 Å². The summed E-state index contributed by atoms with van der Waals surface area (Å²) in [6.07, 6.45) is 0. The molecule has 0 saturated heterocycles. The highest BCUT2D eigenvalue weighted by Crippen LogP contribution is 1.57. The zero-order chi connectivity index (χ0) is 11.7. The lowest BCUT2D eigenvalue weighted by Gasteiger charge is -2.06. The minimum Gasteiger partial charge on any atom is -1.00 e. The molecule has 0 aliphatic rings. The summed E-state index contributed by atoms with van der Waals surface area (Å²) in [5.74, 6) is -1.08. The maximum absolute atomic E-state index is 8.89. The molecule has 88 valence electrons. The number of carboxylic acid groups (broad SMARTS) is 1. The Kier molecular flexibility index (Phi) is 19.5. The van der Waals surface area contributed by atoms with E-state index < -0.39 is 21.5 Å². The number of rotatable bonds is 0. The lowest BCUT2D eigenvalue weighted by Crippen LogP contribution is -3.00. The zero-order valence-corrected chi connectivity index (χ0v) is 7.98. The van der Waals surface area contributed by atoms with Crippen LogP contribution in [-0.4, -0.2) is 28.6 Å². The molecule has 0 aromatic heterocycles. The topological polar surface area (TPSA) is 187 Å². The standard InChI is InChI=1S/C2H4O2.ClH.NO3.H2O4S/c1-2(3)4;;2-1(3)4;1-5(2,3)4/h1H3,(H,3,4);1H;;(H2,1,2,3,4)/q;;-1;/p-4. The molecule has 0 unspecified atom stereocenters. The van der Waals surface area contributed by atoms with Gasteiger partial charge in [0.25, 0.3) is 0 Å². The Bertz CT molecular complexity index is 218. The van der Waals surface area contributed by atoms with E-state index in [-0.39, 0.29) is 12.4 Å². The number of carbonyl (C=O) groups excluding carboxylic acids is 1. The average molecular weight is 253 g/mol. The van der Waals surface area contributed by atoms with E-state index in [0.29, 0.717) is 0 Å². The number of carboxylic acids is 1. The van der Waals surface area contributed by atoms with Crippen LogP contribution in [0.1, 0.15) is 6.92 Å². The van der Waals surface area contributed by atoms with Crippen LogP contribution in [0.5, 0.6) is 0 Å². The molecule has 0 atom stereocenters. The smallest absolute Gasteiger partial charge is 0.0689 e. The van der Waals surface area contributed by atoms with Gasteiger partial charge in [0.1, 0.15) is 0 Å². The minimum atomic E-state index is -5.17. The number of aliphatic carboxylic acids is 1. The van der Waals surface area contributed by atoms with Crippen molar-refractivity contribution < 1.29 is 44.9 Å². The molecule has 12 heteroatoms. The van der Waals surface area contributed by atoms with Gasteiger partial charge in [-0.15, -0.1) is 0 Å². The molecule has 0 spiro atoms. The molecular weight excluding hydrogens is 250 g/mol. The monoisotopic (exact) mass is 252 g/mol. The average Bonchev–Trinajstić information content (AvgIpc) is 1.50. The fourth-order valence-corrected chi connectivity index (χ4v) is 0. The zero-order valence-electron chi connectivity index (χ0n) is 6.41. The summed E-state index contributed by atoms with van der Waals surface area (Å²) >= 11 is 0. The van der Waals surface area contributed by atoms with Crippen LogP contribution >= 0.6 is 0 Å². The van der Waals surface area contributed by atoms with Gasteiger partial charge in [0.15, 0.2) is 0 Å². The van der Waals surface area contributed by atoms with Crippen molar-refractivity contribution in [1.29, 1.82) is 0 Å². The molecule has 0 fully saturated rings.